The van der Waals surface area contributed by atoms with Crippen LogP contribution in [0, 0.1) is 0 Å². The Morgan fingerprint density at radius 1 is 1.09 bits per heavy atom. The van der Waals surface area contributed by atoms with Crippen molar-refractivity contribution in [3.05, 3.63) is 89.7 Å². The van der Waals surface area contributed by atoms with Gasteiger partial charge < -0.3 is 20.1 Å². The molecule has 0 aliphatic carbocycles. The minimum Gasteiger partial charge on any atom is -0.481 e. The van der Waals surface area contributed by atoms with Gasteiger partial charge in [0.05, 0.1) is 12.2 Å². The molecule has 7 heteroatoms. The maximum absolute atomic E-state index is 13.4. The molecule has 1 amide bonds. The van der Waals surface area contributed by atoms with Crippen molar-refractivity contribution in [1.29, 1.82) is 0 Å². The Morgan fingerprint density at radius 2 is 1.84 bits per heavy atom. The summed E-state index contributed by atoms with van der Waals surface area (Å²) in [5.74, 6) is -0.930. The van der Waals surface area contributed by atoms with Crippen LogP contribution in [0.15, 0.2) is 73.1 Å². The average molecular weight is 431 g/mol. The van der Waals surface area contributed by atoms with E-state index in [1.807, 2.05) is 37.4 Å². The molecule has 0 saturated carbocycles. The molecule has 4 rings (SSSR count). The summed E-state index contributed by atoms with van der Waals surface area (Å²) in [7, 11) is 1.85. The first-order chi connectivity index (χ1) is 15.6. The SMILES string of the molecule is CNCCCN1C(=O)c2ccccc2[C@@H](C(=O)O)[C@@H]1c1cncc(Oc2ccccc2)c1. The molecule has 2 aromatic carbocycles. The number of carbonyl (C=O) groups is 2. The number of carboxylic acids is 1. The zero-order valence-corrected chi connectivity index (χ0v) is 17.8. The fourth-order valence-electron chi connectivity index (χ4n) is 4.18. The predicted octanol–water partition coefficient (Wildman–Crippen LogP) is 3.85. The van der Waals surface area contributed by atoms with E-state index in [2.05, 4.69) is 10.3 Å². The van der Waals surface area contributed by atoms with E-state index in [-0.39, 0.29) is 5.91 Å². The van der Waals surface area contributed by atoms with Gasteiger partial charge in [-0.25, -0.2) is 0 Å². The van der Waals surface area contributed by atoms with E-state index in [9.17, 15) is 14.7 Å². The van der Waals surface area contributed by atoms with E-state index < -0.39 is 17.9 Å². The lowest BCUT2D eigenvalue weighted by atomic mass is 9.80. The number of benzene rings is 2. The maximum Gasteiger partial charge on any atom is 0.313 e. The molecule has 1 aromatic heterocycles. The Morgan fingerprint density at radius 3 is 2.59 bits per heavy atom. The van der Waals surface area contributed by atoms with Gasteiger partial charge in [-0.2, -0.15) is 0 Å². The number of carbonyl (C=O) groups excluding carboxylic acids is 1. The Hall–Kier alpha value is -3.71. The first-order valence-corrected chi connectivity index (χ1v) is 10.6. The monoisotopic (exact) mass is 431 g/mol. The van der Waals surface area contributed by atoms with Crippen LogP contribution in [0.3, 0.4) is 0 Å². The molecule has 0 bridgehead atoms. The van der Waals surface area contributed by atoms with Crippen molar-refractivity contribution >= 4 is 11.9 Å². The summed E-state index contributed by atoms with van der Waals surface area (Å²) in [5.41, 5.74) is 1.58. The van der Waals surface area contributed by atoms with Gasteiger partial charge in [0.25, 0.3) is 5.91 Å². The summed E-state index contributed by atoms with van der Waals surface area (Å²) in [6.45, 7) is 1.14. The summed E-state index contributed by atoms with van der Waals surface area (Å²) >= 11 is 0. The van der Waals surface area contributed by atoms with Gasteiger partial charge in [0.1, 0.15) is 17.4 Å². The molecular weight excluding hydrogens is 406 g/mol. The van der Waals surface area contributed by atoms with Gasteiger partial charge in [0, 0.05) is 18.3 Å². The third-order valence-electron chi connectivity index (χ3n) is 5.59. The van der Waals surface area contributed by atoms with E-state index in [0.29, 0.717) is 47.7 Å². The van der Waals surface area contributed by atoms with Gasteiger partial charge in [-0.1, -0.05) is 36.4 Å². The molecule has 0 unspecified atom stereocenters. The quantitative estimate of drug-likeness (QED) is 0.527. The lowest BCUT2D eigenvalue weighted by Crippen LogP contribution is -2.45. The summed E-state index contributed by atoms with van der Waals surface area (Å²) in [6, 6.07) is 17.3. The molecule has 0 saturated heterocycles. The van der Waals surface area contributed by atoms with Gasteiger partial charge in [0.15, 0.2) is 0 Å². The molecule has 2 atom stereocenters. The van der Waals surface area contributed by atoms with Crippen LogP contribution in [0.5, 0.6) is 11.5 Å². The van der Waals surface area contributed by atoms with Crippen molar-refractivity contribution in [1.82, 2.24) is 15.2 Å². The average Bonchev–Trinajstić information content (AvgIpc) is 2.81. The van der Waals surface area contributed by atoms with Gasteiger partial charge in [-0.15, -0.1) is 0 Å². The number of fused-ring (bicyclic) bond motifs is 1. The van der Waals surface area contributed by atoms with Crippen LogP contribution in [0.2, 0.25) is 0 Å². The molecule has 0 fully saturated rings. The number of para-hydroxylation sites is 1. The third-order valence-corrected chi connectivity index (χ3v) is 5.59. The van der Waals surface area contributed by atoms with Crippen LogP contribution < -0.4 is 10.1 Å². The number of nitrogens with one attached hydrogen (secondary N) is 1. The van der Waals surface area contributed by atoms with Gasteiger partial charge >= 0.3 is 5.97 Å². The minimum absolute atomic E-state index is 0.173. The van der Waals surface area contributed by atoms with Crippen LogP contribution >= 0.6 is 0 Å². The van der Waals surface area contributed by atoms with Gasteiger partial charge in [-0.3, -0.25) is 14.6 Å². The first kappa shape index (κ1) is 21.5. The van der Waals surface area contributed by atoms with E-state index in [4.69, 9.17) is 4.74 Å². The Balaban J connectivity index is 1.77. The molecule has 2 heterocycles. The number of hydrogen-bond acceptors (Lipinski definition) is 5. The second-order valence-electron chi connectivity index (χ2n) is 7.67. The highest BCUT2D eigenvalue weighted by molar-refractivity contribution is 6.00. The summed E-state index contributed by atoms with van der Waals surface area (Å²) < 4.78 is 5.91. The van der Waals surface area contributed by atoms with E-state index in [1.165, 1.54) is 0 Å². The summed E-state index contributed by atoms with van der Waals surface area (Å²) in [6.07, 6.45) is 3.89. The fourth-order valence-corrected chi connectivity index (χ4v) is 4.18. The van der Waals surface area contributed by atoms with Crippen LogP contribution in [0.4, 0.5) is 0 Å². The van der Waals surface area contributed by atoms with Crippen molar-refractivity contribution in [2.24, 2.45) is 0 Å². The standard InChI is InChI=1S/C25H25N3O4/c1-26-12-7-13-28-23(22(25(30)31)20-10-5-6-11-21(20)24(28)29)17-14-19(16-27-15-17)32-18-8-3-2-4-9-18/h2-6,8-11,14-16,22-23,26H,7,12-13H2,1H3,(H,30,31)/t22-,23+/m1/s1. The highest BCUT2D eigenvalue weighted by atomic mass is 16.5. The number of amides is 1. The summed E-state index contributed by atoms with van der Waals surface area (Å²) in [4.78, 5) is 31.8. The second-order valence-corrected chi connectivity index (χ2v) is 7.67. The highest BCUT2D eigenvalue weighted by Gasteiger charge is 2.44. The third kappa shape index (κ3) is 4.33. The molecule has 7 nitrogen and oxygen atoms in total. The van der Waals surface area contributed by atoms with Crippen molar-refractivity contribution in [2.75, 3.05) is 20.1 Å². The number of carboxylic acid groups (broad SMARTS) is 1. The van der Waals surface area contributed by atoms with Crippen LogP contribution in [-0.2, 0) is 4.79 Å². The lowest BCUT2D eigenvalue weighted by Gasteiger charge is -2.40. The Kier molecular flexibility index (Phi) is 6.47. The zero-order chi connectivity index (χ0) is 22.5. The minimum atomic E-state index is -0.983. The van der Waals surface area contributed by atoms with Gasteiger partial charge in [0.2, 0.25) is 0 Å². The van der Waals surface area contributed by atoms with Crippen LogP contribution in [-0.4, -0.2) is 47.0 Å². The van der Waals surface area contributed by atoms with E-state index in [1.54, 1.807) is 47.6 Å². The fraction of sp³-hybridized carbons (Fsp3) is 0.240. The molecule has 32 heavy (non-hydrogen) atoms. The highest BCUT2D eigenvalue weighted by Crippen LogP contribution is 2.43. The number of nitrogens with zero attached hydrogens (tertiary/aromatic N) is 2. The first-order valence-electron chi connectivity index (χ1n) is 10.6. The molecule has 0 spiro atoms. The maximum atomic E-state index is 13.4. The smallest absolute Gasteiger partial charge is 0.313 e. The largest absolute Gasteiger partial charge is 0.481 e. The molecule has 2 N–H and O–H groups in total. The van der Waals surface area contributed by atoms with Crippen molar-refractivity contribution < 1.29 is 19.4 Å². The zero-order valence-electron chi connectivity index (χ0n) is 17.8. The molecule has 1 aliphatic heterocycles. The number of rotatable bonds is 8. The number of hydrogen-bond donors (Lipinski definition) is 2. The second kappa shape index (κ2) is 9.62. The van der Waals surface area contributed by atoms with Crippen molar-refractivity contribution in [3.8, 4) is 11.5 Å². The number of ether oxygens (including phenoxy) is 1. The molecule has 1 aliphatic rings. The molecule has 0 radical (unpaired) electrons. The van der Waals surface area contributed by atoms with Gasteiger partial charge in [-0.05, 0) is 55.4 Å². The van der Waals surface area contributed by atoms with Crippen LogP contribution in [0.1, 0.15) is 39.9 Å². The number of aliphatic carboxylic acids is 1. The van der Waals surface area contributed by atoms with E-state index >= 15 is 0 Å². The van der Waals surface area contributed by atoms with Crippen LogP contribution in [0.25, 0.3) is 0 Å². The van der Waals surface area contributed by atoms with Crippen molar-refractivity contribution in [2.45, 2.75) is 18.4 Å². The lowest BCUT2D eigenvalue weighted by molar-refractivity contribution is -0.140. The predicted molar refractivity (Wildman–Crippen MR) is 120 cm³/mol. The number of aromatic nitrogens is 1. The van der Waals surface area contributed by atoms with Crippen molar-refractivity contribution in [3.63, 3.8) is 0 Å². The molecular formula is C25H25N3O4. The van der Waals surface area contributed by atoms with E-state index in [0.717, 1.165) is 0 Å². The Labute approximate surface area is 186 Å². The Bertz CT molecular complexity index is 1100. The summed E-state index contributed by atoms with van der Waals surface area (Å²) in [5, 5.41) is 13.3. The topological polar surface area (TPSA) is 91.8 Å². The molecule has 3 aromatic rings. The molecule has 164 valence electrons. The normalized spacial score (nSPS) is 17.7. The number of pyridine rings is 1.